The Bertz CT molecular complexity index is 271. The monoisotopic (exact) mass is 242 g/mol. The molecule has 1 amide bonds. The van der Waals surface area contributed by atoms with Gasteiger partial charge in [0.15, 0.2) is 6.61 Å². The van der Waals surface area contributed by atoms with Gasteiger partial charge in [-0.05, 0) is 38.1 Å². The first-order valence-corrected chi connectivity index (χ1v) is 6.11. The number of carbonyl (C=O) groups is 2. The summed E-state index contributed by atoms with van der Waals surface area (Å²) >= 11 is 0. The predicted octanol–water partition coefficient (Wildman–Crippen LogP) is 0.383. The smallest absolute Gasteiger partial charge is 0.309 e. The molecule has 0 bridgehead atoms. The normalized spacial score (nSPS) is 24.2. The number of ether oxygens (including phenoxy) is 1. The summed E-state index contributed by atoms with van der Waals surface area (Å²) in [7, 11) is 3.28. The second kappa shape index (κ2) is 6.59. The van der Waals surface area contributed by atoms with Crippen LogP contribution >= 0.6 is 0 Å². The summed E-state index contributed by atoms with van der Waals surface area (Å²) in [5.41, 5.74) is 5.59. The number of likely N-dealkylation sites (N-methyl/N-ethyl adjacent to an activating group) is 1. The van der Waals surface area contributed by atoms with Crippen molar-refractivity contribution in [3.8, 4) is 0 Å². The van der Waals surface area contributed by atoms with Crippen molar-refractivity contribution in [1.29, 1.82) is 0 Å². The molecule has 0 aromatic carbocycles. The highest BCUT2D eigenvalue weighted by Crippen LogP contribution is 2.28. The third kappa shape index (κ3) is 4.34. The van der Waals surface area contributed by atoms with Crippen LogP contribution < -0.4 is 5.73 Å². The fourth-order valence-corrected chi connectivity index (χ4v) is 2.01. The Hall–Kier alpha value is -1.10. The summed E-state index contributed by atoms with van der Waals surface area (Å²) in [6.45, 7) is 0.545. The SMILES string of the molecule is CN(C)C(=O)COC(=O)[C@H]1CC[C@H](CN)CC1. The van der Waals surface area contributed by atoms with Crippen LogP contribution in [0, 0.1) is 11.8 Å². The van der Waals surface area contributed by atoms with Crippen LogP contribution in [0.15, 0.2) is 0 Å². The first-order valence-electron chi connectivity index (χ1n) is 6.11. The Kier molecular flexibility index (Phi) is 5.41. The topological polar surface area (TPSA) is 72.6 Å². The fourth-order valence-electron chi connectivity index (χ4n) is 2.01. The highest BCUT2D eigenvalue weighted by atomic mass is 16.5. The van der Waals surface area contributed by atoms with Crippen molar-refractivity contribution in [2.45, 2.75) is 25.7 Å². The lowest BCUT2D eigenvalue weighted by molar-refractivity contribution is -0.155. The van der Waals surface area contributed by atoms with E-state index in [-0.39, 0.29) is 24.4 Å². The van der Waals surface area contributed by atoms with Crippen molar-refractivity contribution in [3.05, 3.63) is 0 Å². The molecule has 0 unspecified atom stereocenters. The number of nitrogens with zero attached hydrogens (tertiary/aromatic N) is 1. The maximum atomic E-state index is 11.7. The first kappa shape index (κ1) is 14.0. The molecule has 0 aromatic rings. The van der Waals surface area contributed by atoms with Gasteiger partial charge in [0.05, 0.1) is 5.92 Å². The molecule has 0 atom stereocenters. The molecule has 0 aliphatic heterocycles. The number of esters is 1. The summed E-state index contributed by atoms with van der Waals surface area (Å²) in [6.07, 6.45) is 3.63. The van der Waals surface area contributed by atoms with Crippen LogP contribution in [0.2, 0.25) is 0 Å². The Balaban J connectivity index is 2.27. The van der Waals surface area contributed by atoms with Crippen molar-refractivity contribution in [2.75, 3.05) is 27.2 Å². The van der Waals surface area contributed by atoms with E-state index in [1.165, 1.54) is 4.90 Å². The Morgan fingerprint density at radius 1 is 1.24 bits per heavy atom. The number of hydrogen-bond acceptors (Lipinski definition) is 4. The highest BCUT2D eigenvalue weighted by molar-refractivity contribution is 5.80. The molecule has 5 heteroatoms. The van der Waals surface area contributed by atoms with E-state index in [1.54, 1.807) is 14.1 Å². The molecular weight excluding hydrogens is 220 g/mol. The fraction of sp³-hybridized carbons (Fsp3) is 0.833. The summed E-state index contributed by atoms with van der Waals surface area (Å²) in [6, 6.07) is 0. The second-order valence-electron chi connectivity index (χ2n) is 4.85. The van der Waals surface area contributed by atoms with Gasteiger partial charge in [-0.3, -0.25) is 9.59 Å². The van der Waals surface area contributed by atoms with Gasteiger partial charge in [0.25, 0.3) is 5.91 Å². The minimum absolute atomic E-state index is 0.0484. The molecule has 0 aromatic heterocycles. The van der Waals surface area contributed by atoms with Crippen LogP contribution in [-0.4, -0.2) is 44.0 Å². The van der Waals surface area contributed by atoms with Gasteiger partial charge in [0.1, 0.15) is 0 Å². The van der Waals surface area contributed by atoms with Crippen molar-refractivity contribution in [3.63, 3.8) is 0 Å². The molecule has 0 heterocycles. The molecular formula is C12H22N2O3. The maximum Gasteiger partial charge on any atom is 0.309 e. The van der Waals surface area contributed by atoms with E-state index in [0.29, 0.717) is 12.5 Å². The van der Waals surface area contributed by atoms with E-state index in [9.17, 15) is 9.59 Å². The average Bonchev–Trinajstić information content (AvgIpc) is 2.35. The predicted molar refractivity (Wildman–Crippen MR) is 64.2 cm³/mol. The Morgan fingerprint density at radius 3 is 2.29 bits per heavy atom. The molecule has 17 heavy (non-hydrogen) atoms. The van der Waals surface area contributed by atoms with Crippen LogP contribution in [0.4, 0.5) is 0 Å². The zero-order valence-corrected chi connectivity index (χ0v) is 10.6. The van der Waals surface area contributed by atoms with E-state index in [0.717, 1.165) is 25.7 Å². The van der Waals surface area contributed by atoms with E-state index in [2.05, 4.69) is 0 Å². The third-order valence-electron chi connectivity index (χ3n) is 3.35. The van der Waals surface area contributed by atoms with Gasteiger partial charge >= 0.3 is 5.97 Å². The lowest BCUT2D eigenvalue weighted by Crippen LogP contribution is -2.31. The van der Waals surface area contributed by atoms with Gasteiger partial charge in [-0.25, -0.2) is 0 Å². The number of carbonyl (C=O) groups excluding carboxylic acids is 2. The first-order chi connectivity index (χ1) is 8.04. The van der Waals surface area contributed by atoms with Crippen LogP contribution in [-0.2, 0) is 14.3 Å². The van der Waals surface area contributed by atoms with Crippen molar-refractivity contribution < 1.29 is 14.3 Å². The molecule has 1 aliphatic rings. The minimum atomic E-state index is -0.240. The largest absolute Gasteiger partial charge is 0.455 e. The molecule has 0 saturated heterocycles. The van der Waals surface area contributed by atoms with E-state index < -0.39 is 0 Å². The number of nitrogens with two attached hydrogens (primary N) is 1. The number of hydrogen-bond donors (Lipinski definition) is 1. The summed E-state index contributed by atoms with van der Waals surface area (Å²) in [4.78, 5) is 24.4. The molecule has 5 nitrogen and oxygen atoms in total. The van der Waals surface area contributed by atoms with Crippen LogP contribution in [0.1, 0.15) is 25.7 Å². The maximum absolute atomic E-state index is 11.7. The van der Waals surface area contributed by atoms with E-state index in [4.69, 9.17) is 10.5 Å². The van der Waals surface area contributed by atoms with E-state index >= 15 is 0 Å². The van der Waals surface area contributed by atoms with Crippen LogP contribution in [0.3, 0.4) is 0 Å². The molecule has 1 aliphatic carbocycles. The number of amides is 1. The molecule has 1 saturated carbocycles. The zero-order valence-electron chi connectivity index (χ0n) is 10.6. The lowest BCUT2D eigenvalue weighted by atomic mass is 9.82. The van der Waals surface area contributed by atoms with Gasteiger partial charge in [0.2, 0.25) is 0 Å². The summed E-state index contributed by atoms with van der Waals surface area (Å²) < 4.78 is 5.01. The quantitative estimate of drug-likeness (QED) is 0.723. The van der Waals surface area contributed by atoms with Crippen molar-refractivity contribution in [2.24, 2.45) is 17.6 Å². The molecule has 1 fully saturated rings. The second-order valence-corrected chi connectivity index (χ2v) is 4.85. The molecule has 0 spiro atoms. The summed E-state index contributed by atoms with van der Waals surface area (Å²) in [5, 5.41) is 0. The van der Waals surface area contributed by atoms with Gasteiger partial charge in [-0.15, -0.1) is 0 Å². The van der Waals surface area contributed by atoms with Gasteiger partial charge < -0.3 is 15.4 Å². The van der Waals surface area contributed by atoms with Crippen LogP contribution in [0.25, 0.3) is 0 Å². The zero-order chi connectivity index (χ0) is 12.8. The lowest BCUT2D eigenvalue weighted by Gasteiger charge is -2.26. The molecule has 1 rings (SSSR count). The van der Waals surface area contributed by atoms with E-state index in [1.807, 2.05) is 0 Å². The van der Waals surface area contributed by atoms with Gasteiger partial charge in [0, 0.05) is 14.1 Å². The Labute approximate surface area is 102 Å². The average molecular weight is 242 g/mol. The molecule has 0 radical (unpaired) electrons. The minimum Gasteiger partial charge on any atom is -0.455 e. The summed E-state index contributed by atoms with van der Waals surface area (Å²) in [5.74, 6) is 0.0693. The van der Waals surface area contributed by atoms with Gasteiger partial charge in [-0.1, -0.05) is 0 Å². The highest BCUT2D eigenvalue weighted by Gasteiger charge is 2.27. The molecule has 98 valence electrons. The van der Waals surface area contributed by atoms with Gasteiger partial charge in [-0.2, -0.15) is 0 Å². The molecule has 2 N–H and O–H groups in total. The van der Waals surface area contributed by atoms with Crippen LogP contribution in [0.5, 0.6) is 0 Å². The Morgan fingerprint density at radius 2 is 1.82 bits per heavy atom. The van der Waals surface area contributed by atoms with Crippen molar-refractivity contribution >= 4 is 11.9 Å². The standard InChI is InChI=1S/C12H22N2O3/c1-14(2)11(15)8-17-12(16)10-5-3-9(7-13)4-6-10/h9-10H,3-8,13H2,1-2H3/t9-,10-. The number of rotatable bonds is 4. The van der Waals surface area contributed by atoms with Crippen molar-refractivity contribution in [1.82, 2.24) is 4.90 Å². The third-order valence-corrected chi connectivity index (χ3v) is 3.35.